The van der Waals surface area contributed by atoms with Crippen molar-refractivity contribution in [2.24, 2.45) is 10.9 Å². The molecule has 1 aromatic rings. The second-order valence-electron chi connectivity index (χ2n) is 6.99. The Morgan fingerprint density at radius 3 is 2.85 bits per heavy atom. The highest BCUT2D eigenvalue weighted by Crippen LogP contribution is 2.16. The van der Waals surface area contributed by atoms with E-state index in [2.05, 4.69) is 41.6 Å². The molecule has 148 valence electrons. The number of piperidine rings is 1. The van der Waals surface area contributed by atoms with Gasteiger partial charge < -0.3 is 19.7 Å². The molecule has 1 atom stereocenters. The molecular weight excluding hydrogens is 346 g/mol. The van der Waals surface area contributed by atoms with Crippen LogP contribution in [0.1, 0.15) is 38.0 Å². The molecule has 1 aliphatic rings. The van der Waals surface area contributed by atoms with E-state index in [-0.39, 0.29) is 0 Å². The van der Waals surface area contributed by atoms with Gasteiger partial charge in [-0.25, -0.2) is 0 Å². The van der Waals surface area contributed by atoms with E-state index >= 15 is 0 Å². The fourth-order valence-electron chi connectivity index (χ4n) is 3.19. The van der Waals surface area contributed by atoms with Crippen LogP contribution in [0.25, 0.3) is 0 Å². The summed E-state index contributed by atoms with van der Waals surface area (Å²) in [7, 11) is 1.74. The maximum Gasteiger partial charge on any atom is 0.193 e. The molecule has 1 N–H and O–H groups in total. The van der Waals surface area contributed by atoms with Crippen molar-refractivity contribution >= 4 is 17.3 Å². The summed E-state index contributed by atoms with van der Waals surface area (Å²) in [4.78, 5) is 8.74. The van der Waals surface area contributed by atoms with Crippen LogP contribution in [0, 0.1) is 5.92 Å². The number of rotatable bonds is 10. The Morgan fingerprint density at radius 2 is 2.19 bits per heavy atom. The van der Waals surface area contributed by atoms with E-state index in [1.807, 2.05) is 11.3 Å². The Labute approximate surface area is 162 Å². The molecule has 0 amide bonds. The van der Waals surface area contributed by atoms with Crippen LogP contribution in [-0.2, 0) is 15.9 Å². The monoisotopic (exact) mass is 381 g/mol. The van der Waals surface area contributed by atoms with Crippen molar-refractivity contribution in [1.29, 1.82) is 0 Å². The molecule has 0 bridgehead atoms. The van der Waals surface area contributed by atoms with E-state index in [1.165, 1.54) is 4.88 Å². The van der Waals surface area contributed by atoms with Gasteiger partial charge in [0.2, 0.25) is 0 Å². The van der Waals surface area contributed by atoms with Gasteiger partial charge in [-0.1, -0.05) is 13.0 Å². The molecule has 0 aliphatic carbocycles. The van der Waals surface area contributed by atoms with Crippen LogP contribution in [-0.4, -0.2) is 63.5 Å². The molecule has 5 nitrogen and oxygen atoms in total. The molecule has 2 heterocycles. The predicted octanol–water partition coefficient (Wildman–Crippen LogP) is 3.41. The average Bonchev–Trinajstić information content (AvgIpc) is 3.16. The van der Waals surface area contributed by atoms with Crippen LogP contribution < -0.4 is 5.32 Å². The number of aliphatic imine (C=N–C) groups is 1. The van der Waals surface area contributed by atoms with Crippen molar-refractivity contribution in [2.45, 2.75) is 45.6 Å². The lowest BCUT2D eigenvalue weighted by molar-refractivity contribution is 0.00989. The zero-order chi connectivity index (χ0) is 18.6. The van der Waals surface area contributed by atoms with E-state index in [4.69, 9.17) is 14.5 Å². The standard InChI is InChI=1S/C20H35N3O2S/c1-4-21-20(22-16-17(2)15-19-7-5-14-26-19)23-10-8-18(9-11-23)25-13-6-12-24-3/h5,7,14,17-18H,4,6,8-13,15-16H2,1-3H3,(H,21,22). The van der Waals surface area contributed by atoms with E-state index in [0.717, 1.165) is 71.0 Å². The summed E-state index contributed by atoms with van der Waals surface area (Å²) in [6, 6.07) is 4.34. The van der Waals surface area contributed by atoms with Crippen molar-refractivity contribution in [3.05, 3.63) is 22.4 Å². The highest BCUT2D eigenvalue weighted by atomic mass is 32.1. The Bertz CT molecular complexity index is 499. The van der Waals surface area contributed by atoms with Gasteiger partial charge in [0.15, 0.2) is 5.96 Å². The molecule has 26 heavy (non-hydrogen) atoms. The molecule has 1 fully saturated rings. The fourth-order valence-corrected chi connectivity index (χ4v) is 4.06. The zero-order valence-electron chi connectivity index (χ0n) is 16.6. The summed E-state index contributed by atoms with van der Waals surface area (Å²) in [5, 5.41) is 5.61. The van der Waals surface area contributed by atoms with Crippen LogP contribution in [0.5, 0.6) is 0 Å². The molecule has 1 aromatic heterocycles. The summed E-state index contributed by atoms with van der Waals surface area (Å²) in [5.41, 5.74) is 0. The van der Waals surface area contributed by atoms with Gasteiger partial charge in [-0.2, -0.15) is 0 Å². The second-order valence-corrected chi connectivity index (χ2v) is 8.02. The van der Waals surface area contributed by atoms with Gasteiger partial charge in [0.05, 0.1) is 6.10 Å². The molecule has 1 saturated heterocycles. The third-order valence-corrected chi connectivity index (χ3v) is 5.50. The lowest BCUT2D eigenvalue weighted by Gasteiger charge is -2.34. The van der Waals surface area contributed by atoms with E-state index in [0.29, 0.717) is 12.0 Å². The first kappa shape index (κ1) is 21.2. The van der Waals surface area contributed by atoms with E-state index in [1.54, 1.807) is 7.11 Å². The molecule has 0 saturated carbocycles. The predicted molar refractivity (Wildman–Crippen MR) is 110 cm³/mol. The smallest absolute Gasteiger partial charge is 0.193 e. The van der Waals surface area contributed by atoms with Gasteiger partial charge >= 0.3 is 0 Å². The molecule has 2 rings (SSSR count). The topological polar surface area (TPSA) is 46.1 Å². The Morgan fingerprint density at radius 1 is 1.38 bits per heavy atom. The van der Waals surface area contributed by atoms with Crippen molar-refractivity contribution in [3.63, 3.8) is 0 Å². The first-order valence-electron chi connectivity index (χ1n) is 9.89. The van der Waals surface area contributed by atoms with Crippen LogP contribution in [0.15, 0.2) is 22.5 Å². The number of guanidine groups is 1. The van der Waals surface area contributed by atoms with Crippen molar-refractivity contribution < 1.29 is 9.47 Å². The first-order chi connectivity index (χ1) is 12.7. The van der Waals surface area contributed by atoms with Gasteiger partial charge in [-0.15, -0.1) is 11.3 Å². The molecule has 0 radical (unpaired) electrons. The number of nitrogens with zero attached hydrogens (tertiary/aromatic N) is 2. The van der Waals surface area contributed by atoms with Crippen LogP contribution in [0.4, 0.5) is 0 Å². The maximum atomic E-state index is 5.96. The van der Waals surface area contributed by atoms with Crippen LogP contribution >= 0.6 is 11.3 Å². The summed E-state index contributed by atoms with van der Waals surface area (Å²) < 4.78 is 11.0. The highest BCUT2D eigenvalue weighted by molar-refractivity contribution is 7.09. The highest BCUT2D eigenvalue weighted by Gasteiger charge is 2.22. The number of methoxy groups -OCH3 is 1. The number of hydrogen-bond acceptors (Lipinski definition) is 4. The van der Waals surface area contributed by atoms with Gasteiger partial charge in [0, 0.05) is 51.4 Å². The van der Waals surface area contributed by atoms with Gasteiger partial charge in [0.25, 0.3) is 0 Å². The number of ether oxygens (including phenoxy) is 2. The molecular formula is C20H35N3O2S. The number of nitrogens with one attached hydrogen (secondary N) is 1. The quantitative estimate of drug-likeness (QED) is 0.383. The largest absolute Gasteiger partial charge is 0.385 e. The van der Waals surface area contributed by atoms with Crippen molar-refractivity contribution in [2.75, 3.05) is 46.5 Å². The third-order valence-electron chi connectivity index (χ3n) is 4.61. The normalized spacial score (nSPS) is 17.5. The number of thiophene rings is 1. The SMILES string of the molecule is CCNC(=NCC(C)Cc1cccs1)N1CCC(OCCCOC)CC1. The van der Waals surface area contributed by atoms with Crippen molar-refractivity contribution in [1.82, 2.24) is 10.2 Å². The Balaban J connectivity index is 1.76. The summed E-state index contributed by atoms with van der Waals surface area (Å²) in [5.74, 6) is 1.62. The Hall–Kier alpha value is -1.11. The summed E-state index contributed by atoms with van der Waals surface area (Å²) in [6.07, 6.45) is 4.61. The minimum atomic E-state index is 0.378. The fraction of sp³-hybridized carbons (Fsp3) is 0.750. The molecule has 1 unspecified atom stereocenters. The number of hydrogen-bond donors (Lipinski definition) is 1. The minimum Gasteiger partial charge on any atom is -0.385 e. The summed E-state index contributed by atoms with van der Waals surface area (Å²) in [6.45, 7) is 9.80. The first-order valence-corrected chi connectivity index (χ1v) is 10.8. The summed E-state index contributed by atoms with van der Waals surface area (Å²) >= 11 is 1.84. The van der Waals surface area contributed by atoms with E-state index in [9.17, 15) is 0 Å². The minimum absolute atomic E-state index is 0.378. The Kier molecular flexibility index (Phi) is 10.0. The second kappa shape index (κ2) is 12.3. The molecule has 6 heteroatoms. The zero-order valence-corrected chi connectivity index (χ0v) is 17.4. The van der Waals surface area contributed by atoms with Gasteiger partial charge in [-0.05, 0) is 50.0 Å². The third kappa shape index (κ3) is 7.64. The van der Waals surface area contributed by atoms with Crippen LogP contribution in [0.2, 0.25) is 0 Å². The van der Waals surface area contributed by atoms with Crippen LogP contribution in [0.3, 0.4) is 0 Å². The lowest BCUT2D eigenvalue weighted by atomic mass is 10.1. The van der Waals surface area contributed by atoms with Gasteiger partial charge in [-0.3, -0.25) is 4.99 Å². The van der Waals surface area contributed by atoms with E-state index < -0.39 is 0 Å². The maximum absolute atomic E-state index is 5.96. The molecule has 1 aliphatic heterocycles. The van der Waals surface area contributed by atoms with Crippen molar-refractivity contribution in [3.8, 4) is 0 Å². The lowest BCUT2D eigenvalue weighted by Crippen LogP contribution is -2.47. The molecule has 0 spiro atoms. The average molecular weight is 382 g/mol. The van der Waals surface area contributed by atoms with Gasteiger partial charge in [0.1, 0.15) is 0 Å². The molecule has 0 aromatic carbocycles. The number of likely N-dealkylation sites (tertiary alicyclic amines) is 1.